The first-order valence-corrected chi connectivity index (χ1v) is 9.19. The predicted octanol–water partition coefficient (Wildman–Crippen LogP) is 4.95. The summed E-state index contributed by atoms with van der Waals surface area (Å²) in [6.07, 6.45) is 1.79. The maximum atomic E-state index is 12.3. The smallest absolute Gasteiger partial charge is 0.342 e. The van der Waals surface area contributed by atoms with Crippen LogP contribution in [0.15, 0.2) is 39.3 Å². The maximum Gasteiger partial charge on any atom is 0.342 e. The van der Waals surface area contributed by atoms with E-state index in [4.69, 9.17) is 16.3 Å². The van der Waals surface area contributed by atoms with Gasteiger partial charge in [0.2, 0.25) is 0 Å². The van der Waals surface area contributed by atoms with Gasteiger partial charge in [0.1, 0.15) is 33.9 Å². The summed E-state index contributed by atoms with van der Waals surface area (Å²) in [7, 11) is 0. The van der Waals surface area contributed by atoms with Gasteiger partial charge in [0.05, 0.1) is 18.0 Å². The van der Waals surface area contributed by atoms with Crippen LogP contribution in [0.25, 0.3) is 0 Å². The van der Waals surface area contributed by atoms with Gasteiger partial charge in [-0.05, 0) is 44.4 Å². The van der Waals surface area contributed by atoms with Gasteiger partial charge in [0.15, 0.2) is 0 Å². The zero-order valence-electron chi connectivity index (χ0n) is 14.4. The number of rotatable bonds is 5. The normalized spacial score (nSPS) is 9.81. The van der Waals surface area contributed by atoms with Gasteiger partial charge in [0, 0.05) is 5.02 Å². The minimum absolute atomic E-state index is 0.139. The van der Waals surface area contributed by atoms with E-state index < -0.39 is 5.97 Å². The minimum Gasteiger partial charge on any atom is -0.462 e. The average Bonchev–Trinajstić information content (AvgIpc) is 2.63. The monoisotopic (exact) mass is 386 g/mol. The number of ether oxygens (including phenoxy) is 1. The molecule has 1 heterocycles. The third-order valence-corrected chi connectivity index (χ3v) is 4.20. The Morgan fingerprint density at radius 1 is 1.35 bits per heavy atom. The van der Waals surface area contributed by atoms with Crippen LogP contribution in [-0.4, -0.2) is 29.8 Å². The molecule has 132 valence electrons. The van der Waals surface area contributed by atoms with Gasteiger partial charge in [-0.1, -0.05) is 11.6 Å². The van der Waals surface area contributed by atoms with Crippen molar-refractivity contribution in [2.75, 3.05) is 12.9 Å². The van der Waals surface area contributed by atoms with E-state index in [0.29, 0.717) is 21.4 Å². The van der Waals surface area contributed by atoms with Gasteiger partial charge in [-0.25, -0.2) is 9.78 Å². The molecule has 1 aromatic carbocycles. The second-order valence-corrected chi connectivity index (χ2v) is 6.17. The topological polar surface area (TPSA) is 87.7 Å². The van der Waals surface area contributed by atoms with Crippen LogP contribution >= 0.6 is 23.4 Å². The highest BCUT2D eigenvalue weighted by molar-refractivity contribution is 7.98. The molecule has 0 radical (unpaired) electrons. The molecule has 0 atom stereocenters. The van der Waals surface area contributed by atoms with Crippen molar-refractivity contribution in [1.82, 2.24) is 4.98 Å². The number of nitrogens with zero attached hydrogens (tertiary/aromatic N) is 4. The van der Waals surface area contributed by atoms with Crippen molar-refractivity contribution in [3.05, 3.63) is 46.1 Å². The Kier molecular flexibility index (Phi) is 6.93. The summed E-state index contributed by atoms with van der Waals surface area (Å²) in [5.74, 6) is -0.589. The van der Waals surface area contributed by atoms with E-state index in [-0.39, 0.29) is 23.4 Å². The van der Waals surface area contributed by atoms with Gasteiger partial charge in [-0.2, -0.15) is 15.2 Å². The molecule has 0 bridgehead atoms. The third-order valence-electron chi connectivity index (χ3n) is 3.27. The maximum absolute atomic E-state index is 12.3. The lowest BCUT2D eigenvalue weighted by atomic mass is 10.1. The van der Waals surface area contributed by atoms with Crippen LogP contribution in [-0.2, 0) is 4.74 Å². The molecule has 26 heavy (non-hydrogen) atoms. The van der Waals surface area contributed by atoms with Crippen LogP contribution in [0, 0.1) is 18.3 Å². The number of carbonyl (C=O) groups is 1. The number of halogens is 1. The molecule has 0 saturated carbocycles. The van der Waals surface area contributed by atoms with Gasteiger partial charge < -0.3 is 4.74 Å². The molecule has 0 aliphatic carbocycles. The summed E-state index contributed by atoms with van der Waals surface area (Å²) < 4.78 is 5.07. The first kappa shape index (κ1) is 19.7. The Morgan fingerprint density at radius 3 is 2.62 bits per heavy atom. The molecule has 2 aromatic rings. The van der Waals surface area contributed by atoms with E-state index >= 15 is 0 Å². The molecule has 0 spiro atoms. The standard InChI is InChI=1S/C18H15ClN4O2S/c1-4-25-18(24)15-11(2)23-17(26-3)14(9-20)16(15)22-10-21-13-7-5-12(19)6-8-13/h5-8H,4H2,1-3H3. The van der Waals surface area contributed by atoms with Crippen molar-refractivity contribution in [2.24, 2.45) is 9.98 Å². The molecule has 0 amide bonds. The molecule has 8 heteroatoms. The SMILES string of the molecule is CCOC(=O)c1c(C)nc(SC)c(C#N)c1N=C=Nc1ccc(Cl)cc1. The molecule has 0 N–H and O–H groups in total. The van der Waals surface area contributed by atoms with Crippen LogP contribution in [0.2, 0.25) is 5.02 Å². The van der Waals surface area contributed by atoms with Crippen LogP contribution in [0.4, 0.5) is 11.4 Å². The van der Waals surface area contributed by atoms with E-state index in [0.717, 1.165) is 0 Å². The molecule has 0 fully saturated rings. The number of esters is 1. The Bertz CT molecular complexity index is 930. The summed E-state index contributed by atoms with van der Waals surface area (Å²) in [5.41, 5.74) is 1.49. The van der Waals surface area contributed by atoms with Crippen LogP contribution in [0.1, 0.15) is 28.5 Å². The lowest BCUT2D eigenvalue weighted by molar-refractivity contribution is 0.0526. The van der Waals surface area contributed by atoms with Crippen molar-refractivity contribution >= 4 is 46.7 Å². The number of benzene rings is 1. The van der Waals surface area contributed by atoms with Crippen molar-refractivity contribution in [3.8, 4) is 6.07 Å². The van der Waals surface area contributed by atoms with Gasteiger partial charge >= 0.3 is 5.97 Å². The number of pyridine rings is 1. The van der Waals surface area contributed by atoms with E-state index in [1.165, 1.54) is 11.8 Å². The fourth-order valence-corrected chi connectivity index (χ4v) is 2.82. The summed E-state index contributed by atoms with van der Waals surface area (Å²) in [4.78, 5) is 24.8. The Hall–Kier alpha value is -2.65. The summed E-state index contributed by atoms with van der Waals surface area (Å²) in [6.45, 7) is 3.57. The quantitative estimate of drug-likeness (QED) is 0.412. The lowest BCUT2D eigenvalue weighted by Gasteiger charge is -2.11. The highest BCUT2D eigenvalue weighted by atomic mass is 35.5. The predicted molar refractivity (Wildman–Crippen MR) is 102 cm³/mol. The largest absolute Gasteiger partial charge is 0.462 e. The highest BCUT2D eigenvalue weighted by Crippen LogP contribution is 2.32. The first-order valence-electron chi connectivity index (χ1n) is 7.59. The fraction of sp³-hybridized carbons (Fsp3) is 0.222. The van der Waals surface area contributed by atoms with Crippen molar-refractivity contribution in [2.45, 2.75) is 18.9 Å². The summed E-state index contributed by atoms with van der Waals surface area (Å²) >= 11 is 7.13. The Labute approximate surface area is 160 Å². The second kappa shape index (κ2) is 9.16. The second-order valence-electron chi connectivity index (χ2n) is 4.94. The number of hydrogen-bond acceptors (Lipinski definition) is 7. The number of aromatic nitrogens is 1. The number of nitriles is 1. The van der Waals surface area contributed by atoms with Crippen LogP contribution in [0.3, 0.4) is 0 Å². The molecule has 1 aromatic heterocycles. The van der Waals surface area contributed by atoms with Gasteiger partial charge in [0.25, 0.3) is 0 Å². The van der Waals surface area contributed by atoms with Crippen molar-refractivity contribution in [3.63, 3.8) is 0 Å². The number of aliphatic imine (C=N–C) groups is 2. The van der Waals surface area contributed by atoms with Gasteiger partial charge in [-0.15, -0.1) is 11.8 Å². The number of carbonyl (C=O) groups excluding carboxylic acids is 1. The van der Waals surface area contributed by atoms with Crippen molar-refractivity contribution in [1.29, 1.82) is 5.26 Å². The van der Waals surface area contributed by atoms with Crippen molar-refractivity contribution < 1.29 is 9.53 Å². The number of thioether (sulfide) groups is 1. The molecule has 0 aliphatic rings. The molecule has 0 saturated heterocycles. The summed E-state index contributed by atoms with van der Waals surface area (Å²) in [5, 5.41) is 10.6. The minimum atomic E-state index is -0.589. The van der Waals surface area contributed by atoms with Crippen LogP contribution < -0.4 is 0 Å². The molecular formula is C18H15ClN4O2S. The molecule has 6 nitrogen and oxygen atoms in total. The zero-order chi connectivity index (χ0) is 19.1. The highest BCUT2D eigenvalue weighted by Gasteiger charge is 2.23. The molecule has 0 aliphatic heterocycles. The molecule has 2 rings (SSSR count). The third kappa shape index (κ3) is 4.50. The van der Waals surface area contributed by atoms with Crippen LogP contribution in [0.5, 0.6) is 0 Å². The fourth-order valence-electron chi connectivity index (χ4n) is 2.12. The van der Waals surface area contributed by atoms with E-state index in [2.05, 4.69) is 27.0 Å². The molecular weight excluding hydrogens is 372 g/mol. The van der Waals surface area contributed by atoms with E-state index in [9.17, 15) is 10.1 Å². The summed E-state index contributed by atoms with van der Waals surface area (Å²) in [6, 6.07) is 11.4. The number of hydrogen-bond donors (Lipinski definition) is 0. The zero-order valence-corrected chi connectivity index (χ0v) is 16.0. The Balaban J connectivity index is 2.61. The van der Waals surface area contributed by atoms with Gasteiger partial charge in [-0.3, -0.25) is 0 Å². The van der Waals surface area contributed by atoms with E-state index in [1.54, 1.807) is 44.4 Å². The lowest BCUT2D eigenvalue weighted by Crippen LogP contribution is -2.10. The first-order chi connectivity index (χ1) is 12.5. The van der Waals surface area contributed by atoms with E-state index in [1.807, 2.05) is 0 Å². The average molecular weight is 387 g/mol. The number of aryl methyl sites for hydroxylation is 1. The molecule has 0 unspecified atom stereocenters. The Morgan fingerprint density at radius 2 is 2.04 bits per heavy atom.